The number of benzene rings is 2. The predicted octanol–water partition coefficient (Wildman–Crippen LogP) is 9.05. The summed E-state index contributed by atoms with van der Waals surface area (Å²) in [5.41, 5.74) is 11.4. The number of thioether (sulfide) groups is 1. The third-order valence-electron chi connectivity index (χ3n) is 9.08. The van der Waals surface area contributed by atoms with Crippen LogP contribution < -0.4 is 4.74 Å². The Morgan fingerprint density at radius 1 is 0.727 bits per heavy atom. The molecule has 16 heteroatoms. The fourth-order valence-corrected chi connectivity index (χ4v) is 7.37. The smallest absolute Gasteiger partial charge is 0.197 e. The van der Waals surface area contributed by atoms with Gasteiger partial charge in [0.15, 0.2) is 9.93 Å². The van der Waals surface area contributed by atoms with Crippen molar-refractivity contribution < 1.29 is 14.2 Å². The lowest BCUT2D eigenvalue weighted by molar-refractivity contribution is 0.172. The minimum absolute atomic E-state index is 0.498. The van der Waals surface area contributed by atoms with Crippen LogP contribution in [0, 0.1) is 18.6 Å². The number of hydrogen-bond acceptors (Lipinski definition) is 10. The van der Waals surface area contributed by atoms with Gasteiger partial charge >= 0.3 is 0 Å². The molecule has 0 saturated heterocycles. The first-order valence-electron chi connectivity index (χ1n) is 17.9. The largest absolute Gasteiger partial charge is 0.493 e. The first-order chi connectivity index (χ1) is 26.9. The summed E-state index contributed by atoms with van der Waals surface area (Å²) in [5, 5.41) is 14.9. The van der Waals surface area contributed by atoms with E-state index in [0.29, 0.717) is 29.6 Å². The van der Waals surface area contributed by atoms with Crippen LogP contribution in [0.15, 0.2) is 66.3 Å². The molecule has 6 heterocycles. The highest BCUT2D eigenvalue weighted by Gasteiger charge is 2.12. The lowest BCUT2D eigenvalue weighted by atomic mass is 10.0. The second-order valence-corrected chi connectivity index (χ2v) is 14.3. The first kappa shape index (κ1) is 39.9. The zero-order valence-corrected chi connectivity index (χ0v) is 33.7. The van der Waals surface area contributed by atoms with Crippen LogP contribution in [-0.2, 0) is 27.5 Å². The Balaban J connectivity index is 0.000000155. The van der Waals surface area contributed by atoms with Crippen LogP contribution in [0.5, 0.6) is 5.75 Å². The van der Waals surface area contributed by atoms with Crippen molar-refractivity contribution in [1.82, 2.24) is 50.3 Å². The number of hydrogen-bond donors (Lipinski definition) is 5. The molecule has 0 aliphatic carbocycles. The fourth-order valence-electron chi connectivity index (χ4n) is 6.02. The summed E-state index contributed by atoms with van der Waals surface area (Å²) in [4.78, 5) is 25.3. The van der Waals surface area contributed by atoms with Gasteiger partial charge in [-0.1, -0.05) is 11.8 Å². The van der Waals surface area contributed by atoms with Gasteiger partial charge in [-0.15, -0.1) is 11.6 Å². The Morgan fingerprint density at radius 3 is 2.18 bits per heavy atom. The number of methoxy groups -OCH3 is 2. The molecule has 5 N–H and O–H groups in total. The molecular formula is C39H45ClN10O3S2. The Hall–Kier alpha value is -4.80. The van der Waals surface area contributed by atoms with Crippen LogP contribution >= 0.6 is 35.6 Å². The molecule has 8 rings (SSSR count). The Morgan fingerprint density at radius 2 is 1.42 bits per heavy atom. The van der Waals surface area contributed by atoms with E-state index in [9.17, 15) is 0 Å². The number of fused-ring (bicyclic) bond motifs is 6. The number of imidazole rings is 2. The van der Waals surface area contributed by atoms with E-state index in [1.165, 1.54) is 11.1 Å². The van der Waals surface area contributed by atoms with Crippen LogP contribution in [0.2, 0.25) is 0 Å². The van der Waals surface area contributed by atoms with Crippen molar-refractivity contribution in [3.8, 4) is 5.75 Å². The third kappa shape index (κ3) is 10.1. The zero-order chi connectivity index (χ0) is 38.6. The molecule has 288 valence electrons. The lowest BCUT2D eigenvalue weighted by Crippen LogP contribution is -2.04. The zero-order valence-electron chi connectivity index (χ0n) is 31.3. The van der Waals surface area contributed by atoms with E-state index < -0.39 is 0 Å². The fraction of sp³-hybridized carbons (Fsp3) is 0.333. The number of nitrogens with one attached hydrogen (secondary N) is 5. The molecule has 0 saturated carbocycles. The summed E-state index contributed by atoms with van der Waals surface area (Å²) < 4.78 is 16.5. The maximum absolute atomic E-state index is 5.85. The average Bonchev–Trinajstić information content (AvgIpc) is 4.02. The minimum Gasteiger partial charge on any atom is -0.493 e. The topological polar surface area (TPSA) is 171 Å². The quantitative estimate of drug-likeness (QED) is 0.0309. The van der Waals surface area contributed by atoms with Crippen molar-refractivity contribution in [3.05, 3.63) is 94.0 Å². The van der Waals surface area contributed by atoms with Crippen LogP contribution in [0.25, 0.3) is 43.9 Å². The number of aryl methyl sites for hydroxylation is 1. The summed E-state index contributed by atoms with van der Waals surface area (Å²) in [6.45, 7) is 6.30. The van der Waals surface area contributed by atoms with E-state index in [1.807, 2.05) is 55.8 Å². The number of aromatic amines is 5. The van der Waals surface area contributed by atoms with E-state index in [2.05, 4.69) is 63.3 Å². The van der Waals surface area contributed by atoms with Crippen molar-refractivity contribution in [3.63, 3.8) is 0 Å². The molecule has 13 nitrogen and oxygen atoms in total. The van der Waals surface area contributed by atoms with E-state index in [-0.39, 0.29) is 0 Å². The van der Waals surface area contributed by atoms with Gasteiger partial charge in [-0.3, -0.25) is 9.97 Å². The van der Waals surface area contributed by atoms with Crippen molar-refractivity contribution in [2.45, 2.75) is 56.3 Å². The molecule has 0 fully saturated rings. The number of halogens is 1. The Labute approximate surface area is 332 Å². The maximum Gasteiger partial charge on any atom is 0.197 e. The molecule has 0 aliphatic heterocycles. The van der Waals surface area contributed by atoms with Gasteiger partial charge in [0.05, 0.1) is 45.9 Å². The van der Waals surface area contributed by atoms with Gasteiger partial charge in [0.1, 0.15) is 16.8 Å². The number of nitrogens with zero attached hydrogens (tertiary/aromatic N) is 5. The number of alkyl halides is 1. The van der Waals surface area contributed by atoms with E-state index in [4.69, 9.17) is 38.0 Å². The van der Waals surface area contributed by atoms with E-state index >= 15 is 0 Å². The molecule has 0 radical (unpaired) electrons. The SMILES string of the molecule is COCCCCc1ccnc(CCl)c1C.COCCCOc1ccnc(CSc2nc3ccc4[nH][nH]cc4c3n2)c1C.S=c1nc2c(ccc3[nH][nH]cc32)[nH]1. The molecular weight excluding hydrogens is 756 g/mol. The number of H-pyrrole nitrogens is 5. The molecule has 0 aliphatic rings. The summed E-state index contributed by atoms with van der Waals surface area (Å²) in [7, 11) is 3.44. The number of rotatable bonds is 14. The third-order valence-corrected chi connectivity index (χ3v) is 10.4. The van der Waals surface area contributed by atoms with Crippen molar-refractivity contribution in [2.24, 2.45) is 0 Å². The van der Waals surface area contributed by atoms with Gasteiger partial charge < -0.3 is 39.6 Å². The molecule has 0 spiro atoms. The molecule has 6 aromatic heterocycles. The van der Waals surface area contributed by atoms with Crippen molar-refractivity contribution in [1.29, 1.82) is 0 Å². The molecule has 2 aromatic carbocycles. The highest BCUT2D eigenvalue weighted by molar-refractivity contribution is 7.98. The minimum atomic E-state index is 0.498. The molecule has 8 aromatic rings. The molecule has 0 amide bonds. The standard InChI is InChI=1S/C19H21N5O2S.C12H18ClNO.C8H6N4S/c1-12-16(20-7-6-17(12)26-9-3-8-25-2)11-27-19-22-15-5-4-14-13(10-21-24-14)18(15)23-19;1-10-11(5-3-4-8-15-2)6-7-14-12(10)9-13;13-8-10-6-2-1-5-4(3-9-12-5)7(6)11-8/h4-7,10,21,24H,3,8-9,11H2,1-2H3;6-7H,3-5,8-9H2,1-2H3;1-3,9,12H,(H,10,13). The number of ether oxygens (including phenoxy) is 3. The van der Waals surface area contributed by atoms with Crippen LogP contribution in [-0.4, -0.2) is 84.3 Å². The van der Waals surface area contributed by atoms with Crippen LogP contribution in [0.4, 0.5) is 0 Å². The summed E-state index contributed by atoms with van der Waals surface area (Å²) in [6.07, 6.45) is 11.6. The van der Waals surface area contributed by atoms with Gasteiger partial charge in [-0.25, -0.2) is 15.0 Å². The first-order valence-corrected chi connectivity index (χ1v) is 19.9. The normalized spacial score (nSPS) is 11.2. The van der Waals surface area contributed by atoms with Crippen LogP contribution in [0.1, 0.15) is 47.3 Å². The summed E-state index contributed by atoms with van der Waals surface area (Å²) in [6, 6.07) is 11.9. The Bertz CT molecular complexity index is 2510. The van der Waals surface area contributed by atoms with Gasteiger partial charge in [-0.2, -0.15) is 0 Å². The van der Waals surface area contributed by atoms with Gasteiger partial charge in [0.2, 0.25) is 0 Å². The number of pyridine rings is 2. The molecule has 0 unspecified atom stereocenters. The van der Waals surface area contributed by atoms with Gasteiger partial charge in [0.25, 0.3) is 0 Å². The Kier molecular flexibility index (Phi) is 14.3. The second-order valence-electron chi connectivity index (χ2n) is 12.7. The van der Waals surface area contributed by atoms with Crippen molar-refractivity contribution in [2.75, 3.05) is 34.0 Å². The predicted molar refractivity (Wildman–Crippen MR) is 223 cm³/mol. The molecule has 0 atom stereocenters. The van der Waals surface area contributed by atoms with E-state index in [0.717, 1.165) is 104 Å². The lowest BCUT2D eigenvalue weighted by Gasteiger charge is -2.11. The van der Waals surface area contributed by atoms with E-state index in [1.54, 1.807) is 32.2 Å². The summed E-state index contributed by atoms with van der Waals surface area (Å²) in [5.74, 6) is 2.06. The monoisotopic (exact) mass is 800 g/mol. The van der Waals surface area contributed by atoms with Gasteiger partial charge in [0, 0.05) is 80.7 Å². The molecule has 55 heavy (non-hydrogen) atoms. The van der Waals surface area contributed by atoms with Crippen LogP contribution in [0.3, 0.4) is 0 Å². The highest BCUT2D eigenvalue weighted by atomic mass is 35.5. The average molecular weight is 801 g/mol. The highest BCUT2D eigenvalue weighted by Crippen LogP contribution is 2.29. The van der Waals surface area contributed by atoms with Gasteiger partial charge in [-0.05, 0) is 92.9 Å². The second kappa shape index (κ2) is 19.7. The number of aromatic nitrogens is 10. The number of unbranched alkanes of at least 4 members (excludes halogenated alkanes) is 1. The van der Waals surface area contributed by atoms with Crippen molar-refractivity contribution >= 4 is 79.5 Å². The maximum atomic E-state index is 5.85. The summed E-state index contributed by atoms with van der Waals surface area (Å²) >= 11 is 12.4. The molecule has 0 bridgehead atoms.